The molecule has 0 saturated heterocycles. The highest BCUT2D eigenvalue weighted by Crippen LogP contribution is 2.25. The molecule has 0 N–H and O–H groups in total. The van der Waals surface area contributed by atoms with Gasteiger partial charge in [-0.15, -0.1) is 0 Å². The van der Waals surface area contributed by atoms with Gasteiger partial charge in [0.05, 0.1) is 11.5 Å². The summed E-state index contributed by atoms with van der Waals surface area (Å²) in [6.45, 7) is 0. The summed E-state index contributed by atoms with van der Waals surface area (Å²) in [5.74, 6) is -0.146. The molecular weight excluding hydrogens is 215 g/mol. The van der Waals surface area contributed by atoms with Crippen molar-refractivity contribution < 1.29 is 12.8 Å². The molecule has 0 spiro atoms. The monoisotopic (exact) mass is 226 g/mol. The summed E-state index contributed by atoms with van der Waals surface area (Å²) < 4.78 is 35.7. The standard InChI is InChI=1S/C11H11FO2S/c12-11-4-2-1-3-10(11)9-5-7-15(13,14)8-6-9/h1-5H,6-8H2. The molecule has 2 nitrogen and oxygen atoms in total. The van der Waals surface area contributed by atoms with E-state index in [9.17, 15) is 12.8 Å². The lowest BCUT2D eigenvalue weighted by molar-refractivity contribution is 0.597. The Morgan fingerprint density at radius 3 is 2.53 bits per heavy atom. The highest BCUT2D eigenvalue weighted by molar-refractivity contribution is 7.91. The summed E-state index contributed by atoms with van der Waals surface area (Å²) in [5, 5.41) is 0. The third-order valence-electron chi connectivity index (χ3n) is 2.49. The van der Waals surface area contributed by atoms with Crippen molar-refractivity contribution in [2.75, 3.05) is 11.5 Å². The minimum absolute atomic E-state index is 0.0245. The minimum atomic E-state index is -2.94. The Morgan fingerprint density at radius 1 is 1.20 bits per heavy atom. The molecule has 0 unspecified atom stereocenters. The van der Waals surface area contributed by atoms with Crippen molar-refractivity contribution in [3.8, 4) is 0 Å². The van der Waals surface area contributed by atoms with Gasteiger partial charge in [-0.05, 0) is 18.1 Å². The second kappa shape index (κ2) is 3.77. The van der Waals surface area contributed by atoms with Crippen molar-refractivity contribution in [1.82, 2.24) is 0 Å². The quantitative estimate of drug-likeness (QED) is 0.734. The molecule has 0 radical (unpaired) electrons. The van der Waals surface area contributed by atoms with E-state index < -0.39 is 9.84 Å². The Hall–Kier alpha value is -1.16. The van der Waals surface area contributed by atoms with Crippen molar-refractivity contribution in [2.24, 2.45) is 0 Å². The zero-order valence-electron chi connectivity index (χ0n) is 8.11. The molecule has 1 aromatic rings. The lowest BCUT2D eigenvalue weighted by Gasteiger charge is -2.13. The van der Waals surface area contributed by atoms with Crippen LogP contribution in [-0.2, 0) is 9.84 Å². The predicted molar refractivity (Wildman–Crippen MR) is 57.6 cm³/mol. The molecule has 1 aromatic carbocycles. The number of halogens is 1. The van der Waals surface area contributed by atoms with E-state index in [1.807, 2.05) is 0 Å². The first kappa shape index (κ1) is 10.4. The maximum Gasteiger partial charge on any atom is 0.154 e. The van der Waals surface area contributed by atoms with Crippen LogP contribution in [0.25, 0.3) is 5.57 Å². The van der Waals surface area contributed by atoms with Crippen LogP contribution in [0.4, 0.5) is 4.39 Å². The van der Waals surface area contributed by atoms with Gasteiger partial charge >= 0.3 is 0 Å². The zero-order chi connectivity index (χ0) is 10.9. The first-order valence-electron chi connectivity index (χ1n) is 4.73. The van der Waals surface area contributed by atoms with Crippen LogP contribution < -0.4 is 0 Å². The minimum Gasteiger partial charge on any atom is -0.229 e. The first-order chi connectivity index (χ1) is 7.08. The number of hydrogen-bond acceptors (Lipinski definition) is 2. The van der Waals surface area contributed by atoms with Crippen LogP contribution in [0.1, 0.15) is 12.0 Å². The Bertz CT molecular complexity index is 503. The van der Waals surface area contributed by atoms with E-state index in [0.29, 0.717) is 12.0 Å². The fraction of sp³-hybridized carbons (Fsp3) is 0.273. The second-order valence-electron chi connectivity index (χ2n) is 3.57. The number of benzene rings is 1. The lowest BCUT2D eigenvalue weighted by atomic mass is 10.0. The molecule has 4 heteroatoms. The number of hydrogen-bond donors (Lipinski definition) is 0. The van der Waals surface area contributed by atoms with Gasteiger partial charge in [-0.2, -0.15) is 0 Å². The third-order valence-corrected chi connectivity index (χ3v) is 3.99. The maximum absolute atomic E-state index is 13.4. The number of allylic oxidation sites excluding steroid dienone is 1. The van der Waals surface area contributed by atoms with E-state index in [-0.39, 0.29) is 17.3 Å². The van der Waals surface area contributed by atoms with Gasteiger partial charge in [-0.25, -0.2) is 12.8 Å². The van der Waals surface area contributed by atoms with Gasteiger partial charge in [0.2, 0.25) is 0 Å². The molecule has 0 saturated carbocycles. The molecule has 15 heavy (non-hydrogen) atoms. The fourth-order valence-corrected chi connectivity index (χ4v) is 2.80. The van der Waals surface area contributed by atoms with Gasteiger partial charge in [0.1, 0.15) is 5.82 Å². The molecule has 1 heterocycles. The summed E-state index contributed by atoms with van der Waals surface area (Å²) in [4.78, 5) is 0. The van der Waals surface area contributed by atoms with Crippen LogP contribution in [0.2, 0.25) is 0 Å². The Labute approximate surface area is 88.4 Å². The van der Waals surface area contributed by atoms with Crippen molar-refractivity contribution in [1.29, 1.82) is 0 Å². The molecule has 1 aliphatic heterocycles. The van der Waals surface area contributed by atoms with E-state index in [4.69, 9.17) is 0 Å². The zero-order valence-corrected chi connectivity index (χ0v) is 8.93. The van der Waals surface area contributed by atoms with E-state index in [0.717, 1.165) is 5.57 Å². The average molecular weight is 226 g/mol. The van der Waals surface area contributed by atoms with Crippen LogP contribution in [-0.4, -0.2) is 19.9 Å². The van der Waals surface area contributed by atoms with E-state index in [2.05, 4.69) is 0 Å². The van der Waals surface area contributed by atoms with Crippen LogP contribution in [0, 0.1) is 5.82 Å². The normalized spacial score (nSPS) is 19.7. The van der Waals surface area contributed by atoms with Crippen LogP contribution >= 0.6 is 0 Å². The number of rotatable bonds is 1. The molecule has 0 bridgehead atoms. The second-order valence-corrected chi connectivity index (χ2v) is 5.80. The molecule has 2 rings (SSSR count). The molecule has 0 amide bonds. The van der Waals surface area contributed by atoms with Gasteiger partial charge in [-0.3, -0.25) is 0 Å². The number of sulfone groups is 1. The molecule has 80 valence electrons. The Morgan fingerprint density at radius 2 is 1.93 bits per heavy atom. The van der Waals surface area contributed by atoms with Crippen molar-refractivity contribution in [3.05, 3.63) is 41.7 Å². The van der Waals surface area contributed by atoms with Crippen LogP contribution in [0.3, 0.4) is 0 Å². The average Bonchev–Trinajstić information content (AvgIpc) is 2.19. The summed E-state index contributed by atoms with van der Waals surface area (Å²) in [6, 6.07) is 6.44. The van der Waals surface area contributed by atoms with E-state index in [1.54, 1.807) is 24.3 Å². The molecule has 0 aliphatic carbocycles. The molecule has 0 aromatic heterocycles. The van der Waals surface area contributed by atoms with E-state index in [1.165, 1.54) is 6.07 Å². The predicted octanol–water partition coefficient (Wildman–Crippen LogP) is 2.03. The highest BCUT2D eigenvalue weighted by Gasteiger charge is 2.18. The Balaban J connectivity index is 2.35. The van der Waals surface area contributed by atoms with Crippen molar-refractivity contribution in [2.45, 2.75) is 6.42 Å². The van der Waals surface area contributed by atoms with Crippen LogP contribution in [0.15, 0.2) is 30.3 Å². The van der Waals surface area contributed by atoms with Crippen molar-refractivity contribution in [3.63, 3.8) is 0 Å². The summed E-state index contributed by atoms with van der Waals surface area (Å²) in [5.41, 5.74) is 1.32. The Kier molecular flexibility index (Phi) is 2.61. The molecule has 0 fully saturated rings. The van der Waals surface area contributed by atoms with Crippen LogP contribution in [0.5, 0.6) is 0 Å². The highest BCUT2D eigenvalue weighted by atomic mass is 32.2. The molecule has 1 aliphatic rings. The smallest absolute Gasteiger partial charge is 0.154 e. The molecule has 0 atom stereocenters. The molecular formula is C11H11FO2S. The largest absolute Gasteiger partial charge is 0.229 e. The van der Waals surface area contributed by atoms with Gasteiger partial charge in [0, 0.05) is 5.56 Å². The summed E-state index contributed by atoms with van der Waals surface area (Å²) >= 11 is 0. The van der Waals surface area contributed by atoms with E-state index >= 15 is 0 Å². The summed E-state index contributed by atoms with van der Waals surface area (Å²) in [6.07, 6.45) is 2.01. The van der Waals surface area contributed by atoms with Gasteiger partial charge in [0.25, 0.3) is 0 Å². The first-order valence-corrected chi connectivity index (χ1v) is 6.55. The van der Waals surface area contributed by atoms with Crippen molar-refractivity contribution >= 4 is 15.4 Å². The summed E-state index contributed by atoms with van der Waals surface area (Å²) in [7, 11) is -2.94. The van der Waals surface area contributed by atoms with Gasteiger partial charge < -0.3 is 0 Å². The maximum atomic E-state index is 13.4. The fourth-order valence-electron chi connectivity index (χ4n) is 1.64. The van der Waals surface area contributed by atoms with Gasteiger partial charge in [0.15, 0.2) is 9.84 Å². The lowest BCUT2D eigenvalue weighted by Crippen LogP contribution is -2.15. The third kappa shape index (κ3) is 2.26. The van der Waals surface area contributed by atoms with Gasteiger partial charge in [-0.1, -0.05) is 24.3 Å². The topological polar surface area (TPSA) is 34.1 Å². The SMILES string of the molecule is O=S1(=O)CC=C(c2ccccc2F)CC1.